The second-order valence-electron chi connectivity index (χ2n) is 5.02. The number of aromatic amines is 1. The first-order valence-corrected chi connectivity index (χ1v) is 8.02. The van der Waals surface area contributed by atoms with E-state index in [2.05, 4.69) is 15.2 Å². The first kappa shape index (κ1) is 13.3. The average Bonchev–Trinajstić information content (AvgIpc) is 3.10. The molecule has 1 saturated heterocycles. The van der Waals surface area contributed by atoms with Crippen molar-refractivity contribution in [2.45, 2.75) is 30.3 Å². The van der Waals surface area contributed by atoms with Gasteiger partial charge in [-0.15, -0.1) is 0 Å². The van der Waals surface area contributed by atoms with E-state index in [1.807, 2.05) is 6.07 Å². The number of sulfonamides is 1. The maximum atomic E-state index is 12.7. The summed E-state index contributed by atoms with van der Waals surface area (Å²) in [5.74, 6) is 0. The molecule has 2 aromatic heterocycles. The second kappa shape index (κ2) is 5.02. The summed E-state index contributed by atoms with van der Waals surface area (Å²) in [4.78, 5) is 3.99. The lowest BCUT2D eigenvalue weighted by Gasteiger charge is -2.33. The Bertz CT molecular complexity index is 677. The summed E-state index contributed by atoms with van der Waals surface area (Å²) in [5.41, 5.74) is 0.837. The number of rotatable bonds is 3. The van der Waals surface area contributed by atoms with Gasteiger partial charge in [0, 0.05) is 26.0 Å². The predicted molar refractivity (Wildman–Crippen MR) is 72.3 cm³/mol. The zero-order chi connectivity index (χ0) is 14.2. The molecule has 3 rings (SSSR count). The van der Waals surface area contributed by atoms with Gasteiger partial charge in [0.15, 0.2) is 5.03 Å². The van der Waals surface area contributed by atoms with Crippen LogP contribution in [0.1, 0.15) is 31.0 Å². The number of hydrogen-bond acceptors (Lipinski definition) is 4. The number of aromatic nitrogens is 4. The number of hydrogen-bond donors (Lipinski definition) is 1. The fourth-order valence-electron chi connectivity index (χ4n) is 2.60. The first-order chi connectivity index (χ1) is 9.59. The molecule has 1 aliphatic heterocycles. The van der Waals surface area contributed by atoms with Crippen molar-refractivity contribution in [2.24, 2.45) is 7.05 Å². The Labute approximate surface area is 117 Å². The highest BCUT2D eigenvalue weighted by molar-refractivity contribution is 7.89. The molecule has 7 nitrogen and oxygen atoms in total. The topological polar surface area (TPSA) is 83.9 Å². The van der Waals surface area contributed by atoms with Crippen LogP contribution < -0.4 is 0 Å². The second-order valence-corrected chi connectivity index (χ2v) is 6.85. The molecule has 0 radical (unpaired) electrons. The van der Waals surface area contributed by atoms with Crippen molar-refractivity contribution < 1.29 is 8.42 Å². The summed E-state index contributed by atoms with van der Waals surface area (Å²) in [6.07, 6.45) is 7.37. The summed E-state index contributed by atoms with van der Waals surface area (Å²) >= 11 is 0. The third-order valence-corrected chi connectivity index (χ3v) is 5.38. The molecule has 0 amide bonds. The number of nitrogens with one attached hydrogen (secondary N) is 1. The van der Waals surface area contributed by atoms with E-state index in [1.165, 1.54) is 16.8 Å². The monoisotopic (exact) mass is 295 g/mol. The molecule has 20 heavy (non-hydrogen) atoms. The smallest absolute Gasteiger partial charge is 0.262 e. The van der Waals surface area contributed by atoms with E-state index in [9.17, 15) is 8.42 Å². The highest BCUT2D eigenvalue weighted by atomic mass is 32.2. The van der Waals surface area contributed by atoms with E-state index in [0.29, 0.717) is 6.54 Å². The van der Waals surface area contributed by atoms with Gasteiger partial charge < -0.3 is 4.57 Å². The summed E-state index contributed by atoms with van der Waals surface area (Å²) in [5, 5.41) is 6.91. The number of piperidine rings is 1. The molecule has 1 atom stereocenters. The minimum atomic E-state index is -3.56. The molecule has 0 saturated carbocycles. The van der Waals surface area contributed by atoms with Gasteiger partial charge in [-0.05, 0) is 18.9 Å². The lowest BCUT2D eigenvalue weighted by molar-refractivity contribution is 0.251. The number of H-pyrrole nitrogens is 1. The summed E-state index contributed by atoms with van der Waals surface area (Å²) in [7, 11) is -1.80. The normalized spacial score (nSPS) is 21.1. The zero-order valence-electron chi connectivity index (χ0n) is 11.2. The lowest BCUT2D eigenvalue weighted by atomic mass is 10.0. The Morgan fingerprint density at radius 2 is 2.25 bits per heavy atom. The van der Waals surface area contributed by atoms with Gasteiger partial charge in [-0.25, -0.2) is 13.4 Å². The maximum absolute atomic E-state index is 12.7. The third kappa shape index (κ3) is 2.25. The van der Waals surface area contributed by atoms with Crippen LogP contribution in [0.15, 0.2) is 29.8 Å². The van der Waals surface area contributed by atoms with Gasteiger partial charge in [0.2, 0.25) is 0 Å². The van der Waals surface area contributed by atoms with Crippen LogP contribution in [0.2, 0.25) is 0 Å². The van der Waals surface area contributed by atoms with E-state index in [1.54, 1.807) is 17.8 Å². The molecular weight excluding hydrogens is 278 g/mol. The highest BCUT2D eigenvalue weighted by Gasteiger charge is 2.36. The Morgan fingerprint density at radius 3 is 2.90 bits per heavy atom. The van der Waals surface area contributed by atoms with Crippen molar-refractivity contribution in [3.05, 3.63) is 30.5 Å². The Kier molecular flexibility index (Phi) is 3.35. The third-order valence-electron chi connectivity index (χ3n) is 3.59. The highest BCUT2D eigenvalue weighted by Crippen LogP contribution is 2.33. The first-order valence-electron chi connectivity index (χ1n) is 6.58. The van der Waals surface area contributed by atoms with Gasteiger partial charge >= 0.3 is 0 Å². The lowest BCUT2D eigenvalue weighted by Crippen LogP contribution is -2.38. The minimum Gasteiger partial charge on any atom is -0.339 e. The molecular formula is C12H17N5O2S. The van der Waals surface area contributed by atoms with Gasteiger partial charge in [0.25, 0.3) is 10.0 Å². The molecule has 2 aromatic rings. The zero-order valence-corrected chi connectivity index (χ0v) is 12.0. The number of nitrogens with zero attached hydrogens (tertiary/aromatic N) is 4. The van der Waals surface area contributed by atoms with Gasteiger partial charge in [-0.2, -0.15) is 9.40 Å². The average molecular weight is 295 g/mol. The van der Waals surface area contributed by atoms with Gasteiger partial charge in [0.05, 0.1) is 18.1 Å². The molecule has 0 unspecified atom stereocenters. The van der Waals surface area contributed by atoms with Crippen molar-refractivity contribution in [2.75, 3.05) is 6.54 Å². The minimum absolute atomic E-state index is 0.103. The summed E-state index contributed by atoms with van der Waals surface area (Å²) in [6, 6.07) is 1.65. The molecule has 8 heteroatoms. The van der Waals surface area contributed by atoms with Gasteiger partial charge in [0.1, 0.15) is 0 Å². The van der Waals surface area contributed by atoms with Crippen molar-refractivity contribution in [3.63, 3.8) is 0 Å². The van der Waals surface area contributed by atoms with E-state index >= 15 is 0 Å². The van der Waals surface area contributed by atoms with Crippen LogP contribution in [-0.4, -0.2) is 39.0 Å². The van der Waals surface area contributed by atoms with Gasteiger partial charge in [-0.1, -0.05) is 6.42 Å². The fraction of sp³-hybridized carbons (Fsp3) is 0.500. The molecule has 0 bridgehead atoms. The molecule has 1 N–H and O–H groups in total. The quantitative estimate of drug-likeness (QED) is 0.917. The van der Waals surface area contributed by atoms with Crippen molar-refractivity contribution in [1.82, 2.24) is 24.1 Å². The van der Waals surface area contributed by atoms with Crippen LogP contribution in [0.4, 0.5) is 0 Å². The van der Waals surface area contributed by atoms with E-state index in [0.717, 1.165) is 25.0 Å². The molecule has 1 fully saturated rings. The molecule has 0 aromatic carbocycles. The van der Waals surface area contributed by atoms with Gasteiger partial charge in [-0.3, -0.25) is 5.10 Å². The molecule has 0 aliphatic carbocycles. The summed E-state index contributed by atoms with van der Waals surface area (Å²) < 4.78 is 28.6. The Morgan fingerprint density at radius 1 is 1.40 bits per heavy atom. The van der Waals surface area contributed by atoms with Crippen LogP contribution in [0, 0.1) is 0 Å². The van der Waals surface area contributed by atoms with Crippen LogP contribution >= 0.6 is 0 Å². The number of aryl methyl sites for hydroxylation is 1. The SMILES string of the molecule is Cn1cnc(S(=O)(=O)N2CCCC[C@@H]2c2ccn[nH]2)c1. The summed E-state index contributed by atoms with van der Waals surface area (Å²) in [6.45, 7) is 0.516. The molecule has 1 aliphatic rings. The van der Waals surface area contributed by atoms with Crippen molar-refractivity contribution >= 4 is 10.0 Å². The van der Waals surface area contributed by atoms with Crippen LogP contribution in [0.5, 0.6) is 0 Å². The van der Waals surface area contributed by atoms with Crippen LogP contribution in [0.3, 0.4) is 0 Å². The fourth-order valence-corrected chi connectivity index (χ4v) is 4.24. The Hall–Kier alpha value is -1.67. The van der Waals surface area contributed by atoms with E-state index < -0.39 is 10.0 Å². The molecule has 3 heterocycles. The molecule has 0 spiro atoms. The van der Waals surface area contributed by atoms with Crippen molar-refractivity contribution in [1.29, 1.82) is 0 Å². The number of imidazole rings is 1. The standard InChI is InChI=1S/C12H17N5O2S/c1-16-8-12(13-9-16)20(18,19)17-7-3-2-4-11(17)10-5-6-14-15-10/h5-6,8-9,11H,2-4,7H2,1H3,(H,14,15)/t11-/m1/s1. The van der Waals surface area contributed by atoms with E-state index in [4.69, 9.17) is 0 Å². The largest absolute Gasteiger partial charge is 0.339 e. The van der Waals surface area contributed by atoms with Crippen molar-refractivity contribution in [3.8, 4) is 0 Å². The predicted octanol–water partition coefficient (Wildman–Crippen LogP) is 1.06. The van der Waals surface area contributed by atoms with Crippen LogP contribution in [-0.2, 0) is 17.1 Å². The van der Waals surface area contributed by atoms with Crippen LogP contribution in [0.25, 0.3) is 0 Å². The Balaban J connectivity index is 1.97. The molecule has 108 valence electrons. The maximum Gasteiger partial charge on any atom is 0.262 e. The van der Waals surface area contributed by atoms with E-state index in [-0.39, 0.29) is 11.1 Å².